The van der Waals surface area contributed by atoms with E-state index < -0.39 is 20.9 Å². The quantitative estimate of drug-likeness (QED) is 0.0592. The van der Waals surface area contributed by atoms with E-state index in [-0.39, 0.29) is 60.9 Å². The van der Waals surface area contributed by atoms with Crippen molar-refractivity contribution in [2.75, 3.05) is 0 Å². The summed E-state index contributed by atoms with van der Waals surface area (Å²) in [6.45, 7) is -0.732. The second kappa shape index (κ2) is 27.0. The van der Waals surface area contributed by atoms with E-state index in [1.807, 2.05) is 170 Å². The zero-order valence-corrected chi connectivity index (χ0v) is 56.5. The van der Waals surface area contributed by atoms with Crippen LogP contribution in [-0.2, 0) is 25.7 Å². The van der Waals surface area contributed by atoms with Crippen LogP contribution in [0.1, 0.15) is 22.3 Å². The van der Waals surface area contributed by atoms with Crippen molar-refractivity contribution >= 4 is 221 Å². The Kier molecular flexibility index (Phi) is 17.9. The van der Waals surface area contributed by atoms with E-state index in [9.17, 15) is 0 Å². The van der Waals surface area contributed by atoms with Crippen molar-refractivity contribution in [3.05, 3.63) is 192 Å². The summed E-state index contributed by atoms with van der Waals surface area (Å²) in [6, 6.07) is 54.3. The molecule has 6 aliphatic rings. The summed E-state index contributed by atoms with van der Waals surface area (Å²) in [7, 11) is 88.0. The Morgan fingerprint density at radius 1 is 0.317 bits per heavy atom. The summed E-state index contributed by atoms with van der Waals surface area (Å²) in [5, 5.41) is 0.728. The maximum Gasteiger partial charge on any atom is 0.168 e. The van der Waals surface area contributed by atoms with Crippen molar-refractivity contribution in [1.29, 1.82) is 0 Å². The molecule has 8 aromatic carbocycles. The number of hydrogen-bond donors (Lipinski definition) is 2. The topological polar surface area (TPSA) is 146 Å². The first-order valence-corrected chi connectivity index (χ1v) is 34.5. The fraction of sp³-hybridized carbons (Fsp3) is 0.176. The summed E-state index contributed by atoms with van der Waals surface area (Å²) in [5.74, 6) is 5.29. The molecule has 0 aliphatic carbocycles. The number of H-pyrrole nitrogens is 2. The van der Waals surface area contributed by atoms with E-state index in [1.165, 1.54) is 0 Å². The number of aromatic nitrogens is 8. The Hall–Kier alpha value is -8.12. The fourth-order valence-corrected chi connectivity index (χ4v) is 16.2. The highest BCUT2D eigenvalue weighted by Gasteiger charge is 2.61. The molecule has 0 spiro atoms. The van der Waals surface area contributed by atoms with Crippen molar-refractivity contribution in [3.63, 3.8) is 0 Å². The van der Waals surface area contributed by atoms with Crippen LogP contribution < -0.4 is 18.9 Å². The lowest BCUT2D eigenvalue weighted by molar-refractivity contribution is 0.484. The normalized spacial score (nSPS) is 22.2. The van der Waals surface area contributed by atoms with Crippen LogP contribution in [-0.4, -0.2) is 216 Å². The third-order valence-electron chi connectivity index (χ3n) is 22.6. The van der Waals surface area contributed by atoms with Crippen molar-refractivity contribution in [3.8, 4) is 91.5 Å². The van der Waals surface area contributed by atoms with Crippen LogP contribution in [0.15, 0.2) is 170 Å². The Bertz CT molecular complexity index is 5370. The summed E-state index contributed by atoms with van der Waals surface area (Å²) in [5.41, 5.74) is 7.85. The monoisotopic (exact) mass is 1290 g/mol. The van der Waals surface area contributed by atoms with Crippen LogP contribution in [0.4, 0.5) is 0 Å². The first kappa shape index (κ1) is 69.0. The first-order chi connectivity index (χ1) is 50.6. The average Bonchev–Trinajstić information content (AvgIpc) is 1.58. The maximum absolute atomic E-state index is 6.92. The summed E-state index contributed by atoms with van der Waals surface area (Å²) < 4.78 is 27.6. The van der Waals surface area contributed by atoms with Crippen molar-refractivity contribution in [1.82, 2.24) is 39.9 Å². The summed E-state index contributed by atoms with van der Waals surface area (Å²) in [4.78, 5) is 39.8. The van der Waals surface area contributed by atoms with E-state index in [4.69, 9.17) is 142 Å². The first-order valence-electron chi connectivity index (χ1n) is 34.5. The molecule has 8 bridgehead atoms. The maximum atomic E-state index is 6.92. The molecular formula is C68H42B24N8O4. The van der Waals surface area contributed by atoms with Crippen molar-refractivity contribution in [2.24, 2.45) is 0 Å². The van der Waals surface area contributed by atoms with Crippen LogP contribution in [0.2, 0.25) is 43.7 Å². The van der Waals surface area contributed by atoms with E-state index in [1.54, 1.807) is 57.4 Å². The molecule has 12 nitrogen and oxygen atoms in total. The highest BCUT2D eigenvalue weighted by Crippen LogP contribution is 2.64. The number of benzene rings is 8. The number of nitrogens with zero attached hydrogens (tertiary/aromatic N) is 6. The molecule has 11 aromatic rings. The predicted molar refractivity (Wildman–Crippen MR) is 441 cm³/mol. The predicted octanol–water partition coefficient (Wildman–Crippen LogP) is 7.31. The van der Waals surface area contributed by atoms with Crippen LogP contribution in [0.5, 0.6) is 46.0 Å². The molecule has 104 heavy (non-hydrogen) atoms. The van der Waals surface area contributed by atoms with Crippen LogP contribution in [0.25, 0.3) is 89.7 Å². The molecule has 8 atom stereocenters. The molecule has 6 aliphatic heterocycles. The number of nitrogens with one attached hydrogen (secondary N) is 2. The van der Waals surface area contributed by atoms with Crippen molar-refractivity contribution in [2.45, 2.75) is 69.4 Å². The van der Waals surface area contributed by atoms with Gasteiger partial charge >= 0.3 is 0 Å². The van der Waals surface area contributed by atoms with Crippen LogP contribution in [0, 0.1) is 0 Å². The number of rotatable bonds is 24. The Labute approximate surface area is 628 Å². The molecule has 17 rings (SSSR count). The molecule has 4 saturated heterocycles. The molecule has 8 unspecified atom stereocenters. The number of ether oxygens (including phenoxy) is 4. The van der Waals surface area contributed by atoms with Gasteiger partial charge in [-0.05, 0) is 121 Å². The third kappa shape index (κ3) is 11.6. The van der Waals surface area contributed by atoms with Gasteiger partial charge in [0.25, 0.3) is 0 Å². The van der Waals surface area contributed by atoms with Gasteiger partial charge in [-0.25, -0.2) is 29.9 Å². The van der Waals surface area contributed by atoms with Crippen LogP contribution >= 0.6 is 0 Å². The lowest BCUT2D eigenvalue weighted by Crippen LogP contribution is -2.15. The van der Waals surface area contributed by atoms with Gasteiger partial charge in [-0.2, -0.15) is 0 Å². The smallest absolute Gasteiger partial charge is 0.168 e. The second-order valence-electron chi connectivity index (χ2n) is 28.1. The molecule has 9 heterocycles. The van der Waals surface area contributed by atoms with Crippen molar-refractivity contribution < 1.29 is 18.9 Å². The molecular weight excluding hydrogens is 1240 g/mol. The summed E-state index contributed by atoms with van der Waals surface area (Å²) in [6.07, 6.45) is 2.40. The number of aromatic amines is 2. The van der Waals surface area contributed by atoms with E-state index in [0.717, 1.165) is 22.3 Å². The van der Waals surface area contributed by atoms with Gasteiger partial charge in [0, 0.05) is 143 Å². The third-order valence-corrected chi connectivity index (χ3v) is 22.6. The SMILES string of the molecule is [B][10B]C1[10B]([B])C1([10B][B])Cc1ccc(Oc2cccc3c2-c2nc-3nc3[nH]c(nc4nc(nc5[nH]c(n2)c2cccc(Oc6ccc(CC7([10B][B])[10B]([B])C7[10B][B])cc6)c52)-c2c(Oc5ccc(CC6([10B][B])[10B]([B])C6[10B][B])cc5)cccc2-4)c2cccc(Oc4ccc(CC5([10B][B])[10B]([B])C5[10B][B])cc4)c32)cc1. The Morgan fingerprint density at radius 3 is 0.885 bits per heavy atom. The minimum absolute atomic E-state index is 0.0310. The van der Waals surface area contributed by atoms with Gasteiger partial charge in [-0.3, -0.25) is 0 Å². The van der Waals surface area contributed by atoms with Gasteiger partial charge in [0.15, 0.2) is 23.3 Å². The molecule has 0 amide bonds. The fourth-order valence-electron chi connectivity index (χ4n) is 16.2. The Balaban J connectivity index is 0.843. The Morgan fingerprint density at radius 2 is 0.587 bits per heavy atom. The van der Waals surface area contributed by atoms with Crippen LogP contribution in [0.3, 0.4) is 0 Å². The van der Waals surface area contributed by atoms with E-state index in [2.05, 4.69) is 9.97 Å². The van der Waals surface area contributed by atoms with Gasteiger partial charge in [0.1, 0.15) is 68.6 Å². The van der Waals surface area contributed by atoms with Gasteiger partial charge in [0.05, 0.1) is 77.0 Å². The largest absolute Gasteiger partial charge is 0.457 e. The van der Waals surface area contributed by atoms with E-state index in [0.29, 0.717) is 150 Å². The molecule has 2 N–H and O–H groups in total. The highest BCUT2D eigenvalue weighted by molar-refractivity contribution is 7.30. The van der Waals surface area contributed by atoms with E-state index >= 15 is 0 Å². The summed E-state index contributed by atoms with van der Waals surface area (Å²) >= 11 is 0. The van der Waals surface area contributed by atoms with Gasteiger partial charge in [-0.15, -0.1) is 43.7 Å². The zero-order chi connectivity index (χ0) is 71.6. The average molecular weight is 1290 g/mol. The lowest BCUT2D eigenvalue weighted by atomic mass is 8.78. The van der Waals surface area contributed by atoms with Gasteiger partial charge < -0.3 is 28.9 Å². The molecule has 4 fully saturated rings. The second-order valence-corrected chi connectivity index (χ2v) is 28.1. The molecule has 3 aromatic heterocycles. The minimum Gasteiger partial charge on any atom is -0.457 e. The minimum atomic E-state index is -0.446. The molecule has 36 heteroatoms. The molecule has 32 radical (unpaired) electrons. The lowest BCUT2D eigenvalue weighted by Gasteiger charge is -2.18. The van der Waals surface area contributed by atoms with Gasteiger partial charge in [0.2, 0.25) is 0 Å². The van der Waals surface area contributed by atoms with Gasteiger partial charge in [-0.1, -0.05) is 97.1 Å². The number of hydrogen-bond acceptors (Lipinski definition) is 10. The molecule has 0 saturated carbocycles. The standard InChI is InChI=1S/C68H42B24N8O4/c69-81-61-65(85-73,89(61)77)29-33-13-21-37(22-14-33)101-45-9-1-5-41-49(45)57-94-53(41)93-54-42-6-2-11-47(103-39-25-17-35(18-26-39)31-67(87-75)63(83-71)91(67)79)51(42)59(95-54)100-60-52-44(8-4-12-48(52)104-40-27-19-36(20-28-40)32-68(88-76)64(84-72)92(68)80)56(99-60)98-58-50-43(55(96-57)97-58)7-3-10-46(50)102-38-23-15-34(16-24-38)30-66(86-74)62(82-70)90(66)78/h1-28,61-64H,29-32H2,(H2,93,94,95,96,97,98,99,100)/i81-1,82-1,83-1,84-1,85-1,86-1,87-1,88-1,89-1,90-1,91-1,92-1. The zero-order valence-electron chi connectivity index (χ0n) is 56.5. The molecule has 450 valence electrons. The highest BCUT2D eigenvalue weighted by atomic mass is 16.5. The number of fused-ring (bicyclic) bond motifs is 20.